The Kier molecular flexibility index (Phi) is 6.20. The summed E-state index contributed by atoms with van der Waals surface area (Å²) in [5.41, 5.74) is 1.08. The maximum Gasteiger partial charge on any atom is 0.332 e. The largest absolute Gasteiger partial charge is 0.438 e. The summed E-state index contributed by atoms with van der Waals surface area (Å²) in [5.74, 6) is 0. The molecule has 0 saturated carbocycles. The molecule has 0 radical (unpaired) electrons. The van der Waals surface area contributed by atoms with Crippen molar-refractivity contribution < 1.29 is 8.54 Å². The summed E-state index contributed by atoms with van der Waals surface area (Å²) in [6, 6.07) is 0. The zero-order valence-electron chi connectivity index (χ0n) is 10.8. The van der Waals surface area contributed by atoms with Gasteiger partial charge in [0.1, 0.15) is 0 Å². The van der Waals surface area contributed by atoms with Crippen LogP contribution in [0.5, 0.6) is 0 Å². The van der Waals surface area contributed by atoms with Crippen LogP contribution in [0.4, 0.5) is 0 Å². The minimum absolute atomic E-state index is 0.539. The van der Waals surface area contributed by atoms with E-state index in [-0.39, 0.29) is 0 Å². The van der Waals surface area contributed by atoms with Crippen LogP contribution in [0.25, 0.3) is 0 Å². The Labute approximate surface area is 92.0 Å². The van der Waals surface area contributed by atoms with Gasteiger partial charge in [-0.05, 0) is 31.1 Å². The van der Waals surface area contributed by atoms with Gasteiger partial charge >= 0.3 is 8.56 Å². The molecule has 0 aliphatic carbocycles. The van der Waals surface area contributed by atoms with E-state index in [0.717, 1.165) is 6.61 Å². The average Bonchev–Trinajstić information content (AvgIpc) is 2.01. The second-order valence-electron chi connectivity index (χ2n) is 4.63. The first-order valence-corrected chi connectivity index (χ1v) is 10.4. The van der Waals surface area contributed by atoms with Crippen LogP contribution in [0.3, 0.4) is 0 Å². The van der Waals surface area contributed by atoms with Gasteiger partial charge < -0.3 is 8.54 Å². The first kappa shape index (κ1) is 14.4. The fourth-order valence-electron chi connectivity index (χ4n) is 1.90. The van der Waals surface area contributed by atoms with Crippen LogP contribution in [0, 0.1) is 0 Å². The highest BCUT2D eigenvalue weighted by atomic mass is 28.4. The predicted molar refractivity (Wildman–Crippen MR) is 67.5 cm³/mol. The standard InChI is InChI=1S/C10H26O2Si2/c1-8-11-14(9(2)3,10(4)5)12-13(6)7/h9-10,13H,8H2,1-7H3. The van der Waals surface area contributed by atoms with E-state index in [1.807, 2.05) is 0 Å². The number of hydrogen-bond acceptors (Lipinski definition) is 2. The van der Waals surface area contributed by atoms with Crippen LogP contribution in [-0.4, -0.2) is 24.2 Å². The van der Waals surface area contributed by atoms with Gasteiger partial charge in [0.05, 0.1) is 0 Å². The molecule has 0 aliphatic rings. The Morgan fingerprint density at radius 2 is 1.50 bits per heavy atom. The van der Waals surface area contributed by atoms with Gasteiger partial charge in [-0.25, -0.2) is 0 Å². The normalized spacial score (nSPS) is 13.3. The third kappa shape index (κ3) is 3.49. The van der Waals surface area contributed by atoms with Gasteiger partial charge in [0, 0.05) is 6.61 Å². The molecule has 86 valence electrons. The van der Waals surface area contributed by atoms with Crippen LogP contribution in [-0.2, 0) is 8.54 Å². The molecule has 0 aromatic heterocycles. The second kappa shape index (κ2) is 6.05. The second-order valence-corrected chi connectivity index (χ2v) is 11.7. The van der Waals surface area contributed by atoms with Crippen LogP contribution in [0.15, 0.2) is 0 Å². The molecular formula is C10H26O2Si2. The van der Waals surface area contributed by atoms with Crippen molar-refractivity contribution >= 4 is 17.6 Å². The molecule has 0 unspecified atom stereocenters. The Morgan fingerprint density at radius 1 is 1.07 bits per heavy atom. The van der Waals surface area contributed by atoms with E-state index in [0.29, 0.717) is 11.1 Å². The molecule has 0 heterocycles. The topological polar surface area (TPSA) is 18.5 Å². The smallest absolute Gasteiger partial charge is 0.332 e. The van der Waals surface area contributed by atoms with Gasteiger partial charge in [-0.15, -0.1) is 0 Å². The molecule has 0 rings (SSSR count). The first-order valence-electron chi connectivity index (χ1n) is 5.68. The molecule has 0 amide bonds. The molecule has 0 bridgehead atoms. The van der Waals surface area contributed by atoms with Gasteiger partial charge in [0.2, 0.25) is 0 Å². The monoisotopic (exact) mass is 234 g/mol. The minimum Gasteiger partial charge on any atom is -0.438 e. The van der Waals surface area contributed by atoms with Crippen molar-refractivity contribution in [3.63, 3.8) is 0 Å². The van der Waals surface area contributed by atoms with Gasteiger partial charge in [-0.3, -0.25) is 0 Å². The lowest BCUT2D eigenvalue weighted by molar-refractivity contribution is 0.234. The summed E-state index contributed by atoms with van der Waals surface area (Å²) >= 11 is 0. The highest BCUT2D eigenvalue weighted by molar-refractivity contribution is 6.77. The lowest BCUT2D eigenvalue weighted by atomic mass is 10.5. The van der Waals surface area contributed by atoms with Crippen molar-refractivity contribution in [2.45, 2.75) is 58.8 Å². The maximum atomic E-state index is 6.26. The predicted octanol–water partition coefficient (Wildman–Crippen LogP) is 3.29. The van der Waals surface area contributed by atoms with E-state index >= 15 is 0 Å². The van der Waals surface area contributed by atoms with Crippen LogP contribution in [0.2, 0.25) is 24.2 Å². The Bertz CT molecular complexity index is 150. The zero-order valence-corrected chi connectivity index (χ0v) is 12.9. The van der Waals surface area contributed by atoms with E-state index in [9.17, 15) is 0 Å². The van der Waals surface area contributed by atoms with Crippen molar-refractivity contribution in [3.8, 4) is 0 Å². The molecule has 0 aliphatic heterocycles. The van der Waals surface area contributed by atoms with Gasteiger partial charge in [-0.2, -0.15) is 0 Å². The molecule has 0 atom stereocenters. The Balaban J connectivity index is 4.74. The first-order chi connectivity index (χ1) is 6.36. The minimum atomic E-state index is -1.95. The Hall–Kier alpha value is 0.354. The number of rotatable bonds is 6. The fourth-order valence-corrected chi connectivity index (χ4v) is 9.75. The molecule has 0 N–H and O–H groups in total. The lowest BCUT2D eigenvalue weighted by Gasteiger charge is -2.39. The highest BCUT2D eigenvalue weighted by Gasteiger charge is 2.44. The Morgan fingerprint density at radius 3 is 1.71 bits per heavy atom. The van der Waals surface area contributed by atoms with Crippen molar-refractivity contribution in [2.24, 2.45) is 0 Å². The van der Waals surface area contributed by atoms with E-state index in [4.69, 9.17) is 8.54 Å². The average molecular weight is 234 g/mol. The van der Waals surface area contributed by atoms with Crippen LogP contribution < -0.4 is 0 Å². The third-order valence-electron chi connectivity index (χ3n) is 2.40. The number of hydrogen-bond donors (Lipinski definition) is 0. The van der Waals surface area contributed by atoms with Crippen molar-refractivity contribution in [1.29, 1.82) is 0 Å². The molecule has 0 fully saturated rings. The van der Waals surface area contributed by atoms with E-state index in [1.165, 1.54) is 0 Å². The van der Waals surface area contributed by atoms with Crippen molar-refractivity contribution in [1.82, 2.24) is 0 Å². The summed E-state index contributed by atoms with van der Waals surface area (Å²) in [4.78, 5) is 0. The molecule has 0 aromatic carbocycles. The van der Waals surface area contributed by atoms with E-state index in [1.54, 1.807) is 0 Å². The van der Waals surface area contributed by atoms with Gasteiger partial charge in [0.25, 0.3) is 0 Å². The summed E-state index contributed by atoms with van der Waals surface area (Å²) in [5, 5.41) is 0. The summed E-state index contributed by atoms with van der Waals surface area (Å²) in [7, 11) is -2.95. The molecule has 0 aromatic rings. The van der Waals surface area contributed by atoms with E-state index in [2.05, 4.69) is 47.7 Å². The van der Waals surface area contributed by atoms with Crippen LogP contribution in [0.1, 0.15) is 34.6 Å². The van der Waals surface area contributed by atoms with Gasteiger partial charge in [0.15, 0.2) is 9.04 Å². The van der Waals surface area contributed by atoms with Crippen molar-refractivity contribution in [2.75, 3.05) is 6.61 Å². The zero-order chi connectivity index (χ0) is 11.4. The third-order valence-corrected chi connectivity index (χ3v) is 9.72. The molecule has 4 heteroatoms. The van der Waals surface area contributed by atoms with Crippen LogP contribution >= 0.6 is 0 Å². The molecule has 14 heavy (non-hydrogen) atoms. The summed E-state index contributed by atoms with van der Waals surface area (Å²) < 4.78 is 12.3. The molecule has 0 spiro atoms. The lowest BCUT2D eigenvalue weighted by Crippen LogP contribution is -2.50. The SMILES string of the molecule is CCO[Si](O[SiH](C)C)(C(C)C)C(C)C. The summed E-state index contributed by atoms with van der Waals surface area (Å²) in [6.07, 6.45) is 0. The fraction of sp³-hybridized carbons (Fsp3) is 1.00. The van der Waals surface area contributed by atoms with Gasteiger partial charge in [-0.1, -0.05) is 27.7 Å². The molecule has 2 nitrogen and oxygen atoms in total. The summed E-state index contributed by atoms with van der Waals surface area (Å²) in [6.45, 7) is 16.2. The highest BCUT2D eigenvalue weighted by Crippen LogP contribution is 2.34. The maximum absolute atomic E-state index is 6.26. The van der Waals surface area contributed by atoms with E-state index < -0.39 is 17.6 Å². The molecular weight excluding hydrogens is 208 g/mol. The quantitative estimate of drug-likeness (QED) is 0.657. The molecule has 0 saturated heterocycles. The van der Waals surface area contributed by atoms with Crippen molar-refractivity contribution in [3.05, 3.63) is 0 Å².